The molecule has 3 unspecified atom stereocenters. The van der Waals surface area contributed by atoms with Crippen LogP contribution in [0.3, 0.4) is 0 Å². The minimum absolute atomic E-state index is 0.384. The van der Waals surface area contributed by atoms with E-state index in [1.807, 2.05) is 0 Å². The van der Waals surface area contributed by atoms with Gasteiger partial charge in [-0.25, -0.2) is 4.57 Å². The molecule has 24 heavy (non-hydrogen) atoms. The molecule has 12 heteroatoms. The van der Waals surface area contributed by atoms with E-state index in [0.29, 0.717) is 0 Å². The van der Waals surface area contributed by atoms with Crippen LogP contribution in [-0.4, -0.2) is 59.9 Å². The molecule has 0 amide bonds. The first-order valence-electron chi connectivity index (χ1n) is 6.88. The van der Waals surface area contributed by atoms with Crippen molar-refractivity contribution in [3.05, 3.63) is 0 Å². The number of phosphoric ester groups is 1. The molecule has 0 aliphatic rings. The number of hydrogen-bond acceptors (Lipinski definition) is 9. The normalized spacial score (nSPS) is 16.1. The smallest absolute Gasteiger partial charge is 0.472 e. The van der Waals surface area contributed by atoms with Gasteiger partial charge in [0, 0.05) is 6.92 Å². The SMILES string of the molecule is CC(=O)OC(COC(=O)C(C)C)COP(=O)(O)OCC(N)C(=O)O. The van der Waals surface area contributed by atoms with Gasteiger partial charge in [-0.1, -0.05) is 13.8 Å². The Morgan fingerprint density at radius 1 is 1.12 bits per heavy atom. The first-order chi connectivity index (χ1) is 10.9. The van der Waals surface area contributed by atoms with Crippen LogP contribution in [0, 0.1) is 5.92 Å². The zero-order valence-electron chi connectivity index (χ0n) is 13.5. The minimum atomic E-state index is -4.62. The van der Waals surface area contributed by atoms with Gasteiger partial charge in [0.25, 0.3) is 0 Å². The van der Waals surface area contributed by atoms with Crippen molar-refractivity contribution in [1.29, 1.82) is 0 Å². The molecule has 3 atom stereocenters. The summed E-state index contributed by atoms with van der Waals surface area (Å²) in [7, 11) is -4.62. The van der Waals surface area contributed by atoms with Gasteiger partial charge in [0.15, 0.2) is 6.10 Å². The molecule has 0 spiro atoms. The van der Waals surface area contributed by atoms with Crippen molar-refractivity contribution in [1.82, 2.24) is 0 Å². The number of carboxylic acid groups (broad SMARTS) is 1. The van der Waals surface area contributed by atoms with Crippen molar-refractivity contribution in [2.45, 2.75) is 32.9 Å². The Morgan fingerprint density at radius 3 is 2.12 bits per heavy atom. The highest BCUT2D eigenvalue weighted by atomic mass is 31.2. The number of carboxylic acids is 1. The Hall–Kier alpha value is -1.52. The number of esters is 2. The quantitative estimate of drug-likeness (QED) is 0.320. The Balaban J connectivity index is 4.51. The lowest BCUT2D eigenvalue weighted by molar-refractivity contribution is -0.161. The van der Waals surface area contributed by atoms with Gasteiger partial charge in [-0.3, -0.25) is 23.4 Å². The molecule has 0 fully saturated rings. The van der Waals surface area contributed by atoms with Crippen LogP contribution in [-0.2, 0) is 37.5 Å². The van der Waals surface area contributed by atoms with Crippen molar-refractivity contribution in [2.24, 2.45) is 11.7 Å². The van der Waals surface area contributed by atoms with Gasteiger partial charge in [-0.05, 0) is 0 Å². The molecule has 0 bridgehead atoms. The zero-order valence-corrected chi connectivity index (χ0v) is 14.4. The number of rotatable bonds is 11. The van der Waals surface area contributed by atoms with Gasteiger partial charge in [0.05, 0.1) is 19.1 Å². The van der Waals surface area contributed by atoms with Crippen LogP contribution < -0.4 is 5.73 Å². The summed E-state index contributed by atoms with van der Waals surface area (Å²) >= 11 is 0. The topological polar surface area (TPSA) is 172 Å². The van der Waals surface area contributed by atoms with Crippen molar-refractivity contribution in [3.63, 3.8) is 0 Å². The molecule has 0 radical (unpaired) electrons. The molecule has 0 aromatic carbocycles. The summed E-state index contributed by atoms with van der Waals surface area (Å²) in [5.74, 6) is -3.10. The Morgan fingerprint density at radius 2 is 1.67 bits per heavy atom. The lowest BCUT2D eigenvalue weighted by Crippen LogP contribution is -2.34. The van der Waals surface area contributed by atoms with Crippen LogP contribution in [0.2, 0.25) is 0 Å². The lowest BCUT2D eigenvalue weighted by atomic mass is 10.2. The van der Waals surface area contributed by atoms with E-state index in [2.05, 4.69) is 9.05 Å². The monoisotopic (exact) mass is 371 g/mol. The van der Waals surface area contributed by atoms with Crippen molar-refractivity contribution in [3.8, 4) is 0 Å². The van der Waals surface area contributed by atoms with E-state index in [1.165, 1.54) is 0 Å². The molecule has 0 aliphatic carbocycles. The number of carbonyl (C=O) groups excluding carboxylic acids is 2. The van der Waals surface area contributed by atoms with Gasteiger partial charge in [0.2, 0.25) is 0 Å². The molecular formula is C12H22NO10P. The third-order valence-electron chi connectivity index (χ3n) is 2.37. The second-order valence-electron chi connectivity index (χ2n) is 5.02. The van der Waals surface area contributed by atoms with E-state index in [9.17, 15) is 23.8 Å². The van der Waals surface area contributed by atoms with E-state index >= 15 is 0 Å². The Bertz CT molecular complexity index is 494. The highest BCUT2D eigenvalue weighted by molar-refractivity contribution is 7.47. The van der Waals surface area contributed by atoms with Crippen molar-refractivity contribution in [2.75, 3.05) is 19.8 Å². The second kappa shape index (κ2) is 10.4. The summed E-state index contributed by atoms with van der Waals surface area (Å²) in [4.78, 5) is 42.3. The summed E-state index contributed by atoms with van der Waals surface area (Å²) in [6.45, 7) is 2.54. The van der Waals surface area contributed by atoms with E-state index in [4.69, 9.17) is 20.3 Å². The van der Waals surface area contributed by atoms with Crippen LogP contribution in [0.1, 0.15) is 20.8 Å². The maximum absolute atomic E-state index is 11.6. The standard InChI is InChI=1S/C12H22NO10P/c1-7(2)12(17)20-4-9(23-8(3)14)5-21-24(18,19)22-6-10(13)11(15)16/h7,9-10H,4-6,13H2,1-3H3,(H,15,16)(H,18,19). The summed E-state index contributed by atoms with van der Waals surface area (Å²) in [6, 6.07) is -1.51. The fourth-order valence-electron chi connectivity index (χ4n) is 1.15. The number of ether oxygens (including phenoxy) is 2. The molecule has 0 aliphatic heterocycles. The molecule has 11 nitrogen and oxygen atoms in total. The first kappa shape index (κ1) is 22.5. The second-order valence-corrected chi connectivity index (χ2v) is 6.47. The van der Waals surface area contributed by atoms with Crippen LogP contribution in [0.25, 0.3) is 0 Å². The molecule has 0 rings (SSSR count). The predicted molar refractivity (Wildman–Crippen MR) is 78.7 cm³/mol. The molecule has 0 saturated carbocycles. The maximum atomic E-state index is 11.6. The minimum Gasteiger partial charge on any atom is -0.480 e. The van der Waals surface area contributed by atoms with Gasteiger partial charge >= 0.3 is 25.7 Å². The molecule has 140 valence electrons. The van der Waals surface area contributed by atoms with Gasteiger partial charge in [-0.2, -0.15) is 0 Å². The average Bonchev–Trinajstić information content (AvgIpc) is 2.46. The van der Waals surface area contributed by atoms with Crippen molar-refractivity contribution < 1.29 is 47.5 Å². The number of hydrogen-bond donors (Lipinski definition) is 3. The molecular weight excluding hydrogens is 349 g/mol. The van der Waals surface area contributed by atoms with Gasteiger partial charge in [-0.15, -0.1) is 0 Å². The Labute approximate surface area is 138 Å². The number of phosphoric acid groups is 1. The van der Waals surface area contributed by atoms with E-state index in [1.54, 1.807) is 13.8 Å². The lowest BCUT2D eigenvalue weighted by Gasteiger charge is -2.19. The van der Waals surface area contributed by atoms with Crippen LogP contribution >= 0.6 is 7.82 Å². The third kappa shape index (κ3) is 10.3. The zero-order chi connectivity index (χ0) is 18.9. The maximum Gasteiger partial charge on any atom is 0.472 e. The van der Waals surface area contributed by atoms with Gasteiger partial charge in [0.1, 0.15) is 12.6 Å². The first-order valence-corrected chi connectivity index (χ1v) is 8.38. The summed E-state index contributed by atoms with van der Waals surface area (Å²) in [6.07, 6.45) is -1.14. The highest BCUT2D eigenvalue weighted by Gasteiger charge is 2.27. The van der Waals surface area contributed by atoms with Crippen LogP contribution in [0.4, 0.5) is 0 Å². The Kier molecular flexibility index (Phi) is 9.71. The van der Waals surface area contributed by atoms with Crippen LogP contribution in [0.5, 0.6) is 0 Å². The van der Waals surface area contributed by atoms with Crippen LogP contribution in [0.15, 0.2) is 0 Å². The molecule has 0 aromatic rings. The third-order valence-corrected chi connectivity index (χ3v) is 3.32. The number of nitrogens with two attached hydrogens (primary N) is 1. The summed E-state index contributed by atoms with van der Waals surface area (Å²) in [5, 5.41) is 8.54. The fourth-order valence-corrected chi connectivity index (χ4v) is 1.93. The molecule has 4 N–H and O–H groups in total. The van der Waals surface area contributed by atoms with Gasteiger partial charge < -0.3 is 25.2 Å². The largest absolute Gasteiger partial charge is 0.480 e. The molecule has 0 aromatic heterocycles. The van der Waals surface area contributed by atoms with E-state index in [-0.39, 0.29) is 6.61 Å². The van der Waals surface area contributed by atoms with E-state index < -0.39 is 57.0 Å². The van der Waals surface area contributed by atoms with E-state index in [0.717, 1.165) is 6.92 Å². The molecule has 0 saturated heterocycles. The summed E-state index contributed by atoms with van der Waals surface area (Å²) < 4.78 is 30.2. The predicted octanol–water partition coefficient (Wildman–Crippen LogP) is -0.337. The van der Waals surface area contributed by atoms with Crippen molar-refractivity contribution >= 4 is 25.7 Å². The number of carbonyl (C=O) groups is 3. The average molecular weight is 371 g/mol. The number of aliphatic carboxylic acids is 1. The summed E-state index contributed by atoms with van der Waals surface area (Å²) in [5.41, 5.74) is 5.12. The fraction of sp³-hybridized carbons (Fsp3) is 0.750. The highest BCUT2D eigenvalue weighted by Crippen LogP contribution is 2.43. The molecule has 0 heterocycles.